The van der Waals surface area contributed by atoms with Gasteiger partial charge in [-0.25, -0.2) is 0 Å². The Labute approximate surface area is 250 Å². The summed E-state index contributed by atoms with van der Waals surface area (Å²) in [5, 5.41) is 12.5. The fraction of sp³-hybridized carbons (Fsp3) is 0.171. The molecule has 0 atom stereocenters. The zero-order valence-electron chi connectivity index (χ0n) is 23.9. The van der Waals surface area contributed by atoms with Gasteiger partial charge in [0.2, 0.25) is 0 Å². The summed E-state index contributed by atoms with van der Waals surface area (Å²) in [4.78, 5) is 22.6. The van der Waals surface area contributed by atoms with Crippen molar-refractivity contribution in [3.8, 4) is 34.3 Å². The lowest BCUT2D eigenvalue weighted by Crippen LogP contribution is -2.43. The molecule has 8 nitrogen and oxygen atoms in total. The van der Waals surface area contributed by atoms with Crippen molar-refractivity contribution in [2.45, 2.75) is 6.54 Å². The van der Waals surface area contributed by atoms with Crippen molar-refractivity contribution in [1.82, 2.24) is 10.3 Å². The van der Waals surface area contributed by atoms with Crippen LogP contribution in [0.2, 0.25) is 0 Å². The van der Waals surface area contributed by atoms with Gasteiger partial charge >= 0.3 is 0 Å². The van der Waals surface area contributed by atoms with Crippen LogP contribution >= 0.6 is 0 Å². The molecular formula is C35H31N5O3. The number of carbonyl (C=O) groups is 1. The van der Waals surface area contributed by atoms with Crippen LogP contribution in [0.3, 0.4) is 0 Å². The molecule has 0 saturated carbocycles. The molecule has 1 saturated heterocycles. The van der Waals surface area contributed by atoms with E-state index in [-0.39, 0.29) is 11.7 Å². The second-order valence-corrected chi connectivity index (χ2v) is 10.3. The molecule has 0 spiro atoms. The van der Waals surface area contributed by atoms with Crippen LogP contribution < -0.4 is 19.9 Å². The van der Waals surface area contributed by atoms with E-state index in [9.17, 15) is 4.79 Å². The van der Waals surface area contributed by atoms with Gasteiger partial charge in [-0.1, -0.05) is 24.3 Å². The quantitative estimate of drug-likeness (QED) is 0.240. The minimum Gasteiger partial charge on any atom is -0.495 e. The van der Waals surface area contributed by atoms with E-state index in [0.29, 0.717) is 23.6 Å². The number of hydrogen-bond acceptors (Lipinski definition) is 7. The maximum absolute atomic E-state index is 14.2. The molecule has 0 bridgehead atoms. The van der Waals surface area contributed by atoms with Crippen LogP contribution in [-0.4, -0.2) is 44.2 Å². The third-order valence-corrected chi connectivity index (χ3v) is 7.61. The number of methoxy groups -OCH3 is 1. The summed E-state index contributed by atoms with van der Waals surface area (Å²) in [6.45, 7) is 4.08. The number of aromatic nitrogens is 1. The lowest BCUT2D eigenvalue weighted by Gasteiger charge is -2.30. The molecule has 1 N–H and O–H groups in total. The molecule has 1 amide bonds. The Kier molecular flexibility index (Phi) is 8.16. The van der Waals surface area contributed by atoms with E-state index in [4.69, 9.17) is 14.4 Å². The number of pyridine rings is 1. The molecule has 0 unspecified atom stereocenters. The molecule has 5 aromatic rings. The van der Waals surface area contributed by atoms with Crippen LogP contribution in [0, 0.1) is 11.3 Å². The van der Waals surface area contributed by atoms with Gasteiger partial charge in [-0.2, -0.15) is 5.26 Å². The highest BCUT2D eigenvalue weighted by Crippen LogP contribution is 2.31. The average molecular weight is 570 g/mol. The van der Waals surface area contributed by atoms with Gasteiger partial charge in [-0.3, -0.25) is 9.78 Å². The summed E-state index contributed by atoms with van der Waals surface area (Å²) in [7, 11) is 1.62. The monoisotopic (exact) mass is 569 g/mol. The first-order valence-electron chi connectivity index (χ1n) is 14.2. The second-order valence-electron chi connectivity index (χ2n) is 10.3. The van der Waals surface area contributed by atoms with Gasteiger partial charge in [0.05, 0.1) is 31.5 Å². The number of hydrogen-bond donors (Lipinski definition) is 1. The van der Waals surface area contributed by atoms with Crippen molar-refractivity contribution in [3.05, 3.63) is 120 Å². The van der Waals surface area contributed by atoms with Crippen molar-refractivity contribution < 1.29 is 13.9 Å². The third kappa shape index (κ3) is 6.13. The van der Waals surface area contributed by atoms with E-state index >= 15 is 0 Å². The molecular weight excluding hydrogens is 538 g/mol. The van der Waals surface area contributed by atoms with Crippen LogP contribution in [0.25, 0.3) is 22.5 Å². The van der Waals surface area contributed by atoms with Crippen LogP contribution in [0.5, 0.6) is 5.75 Å². The largest absolute Gasteiger partial charge is 0.495 e. The van der Waals surface area contributed by atoms with Crippen LogP contribution in [0.1, 0.15) is 21.7 Å². The number of benzene rings is 3. The SMILES string of the molecule is COc1cncc(-c2ccccc2CN(C(=O)c2ccc(-c3ccc(C#N)cc3)o2)c2ccc(N3CCNCC3)cc2)c1. The maximum atomic E-state index is 14.2. The van der Waals surface area contributed by atoms with Crippen LogP contribution in [-0.2, 0) is 6.54 Å². The van der Waals surface area contributed by atoms with Crippen LogP contribution in [0.15, 0.2) is 108 Å². The predicted molar refractivity (Wildman–Crippen MR) is 167 cm³/mol. The molecule has 2 aromatic heterocycles. The lowest BCUT2D eigenvalue weighted by molar-refractivity contribution is 0.0959. The van der Waals surface area contributed by atoms with E-state index in [1.165, 1.54) is 0 Å². The Hall–Kier alpha value is -5.39. The molecule has 3 aromatic carbocycles. The zero-order valence-corrected chi connectivity index (χ0v) is 23.9. The number of carbonyl (C=O) groups excluding carboxylic acids is 1. The van der Waals surface area contributed by atoms with Gasteiger partial charge in [0.1, 0.15) is 11.5 Å². The van der Waals surface area contributed by atoms with E-state index in [2.05, 4.69) is 33.4 Å². The molecule has 6 rings (SSSR count). The standard InChI is InChI=1S/C35H31N5O3/c1-42-31-20-28(22-38-23-31)32-5-3-2-4-27(32)24-40(30-12-10-29(11-13-30)39-18-16-37-17-19-39)35(41)34-15-14-33(43-34)26-8-6-25(21-36)7-9-26/h2-15,20,22-23,37H,16-19,24H2,1H3. The second kappa shape index (κ2) is 12.6. The molecule has 0 radical (unpaired) electrons. The normalized spacial score (nSPS) is 12.9. The molecule has 0 aliphatic carbocycles. The number of amides is 1. The van der Waals surface area contributed by atoms with Crippen molar-refractivity contribution in [1.29, 1.82) is 5.26 Å². The molecule has 1 aliphatic heterocycles. The van der Waals surface area contributed by atoms with Gasteiger partial charge in [0, 0.05) is 54.9 Å². The zero-order chi connectivity index (χ0) is 29.6. The number of anilines is 2. The molecule has 8 heteroatoms. The highest BCUT2D eigenvalue weighted by Gasteiger charge is 2.24. The molecule has 43 heavy (non-hydrogen) atoms. The van der Waals surface area contributed by atoms with E-state index in [1.54, 1.807) is 48.7 Å². The Morgan fingerprint density at radius 3 is 2.49 bits per heavy atom. The number of nitriles is 1. The number of ether oxygens (including phenoxy) is 1. The number of nitrogens with zero attached hydrogens (tertiary/aromatic N) is 4. The average Bonchev–Trinajstić information content (AvgIpc) is 3.58. The van der Waals surface area contributed by atoms with Gasteiger partial charge in [0.15, 0.2) is 5.76 Å². The Bertz CT molecular complexity index is 1750. The van der Waals surface area contributed by atoms with Crippen LogP contribution in [0.4, 0.5) is 11.4 Å². The number of furan rings is 1. The summed E-state index contributed by atoms with van der Waals surface area (Å²) in [5.41, 5.74) is 6.06. The fourth-order valence-corrected chi connectivity index (χ4v) is 5.28. The molecule has 1 aliphatic rings. The summed E-state index contributed by atoms with van der Waals surface area (Å²) in [5.74, 6) is 1.19. The molecule has 3 heterocycles. The number of nitrogens with one attached hydrogen (secondary N) is 1. The Morgan fingerprint density at radius 1 is 0.977 bits per heavy atom. The van der Waals surface area contributed by atoms with Crippen molar-refractivity contribution >= 4 is 17.3 Å². The van der Waals surface area contributed by atoms with Gasteiger partial charge in [0.25, 0.3) is 5.91 Å². The first-order valence-corrected chi connectivity index (χ1v) is 14.2. The van der Waals surface area contributed by atoms with Crippen molar-refractivity contribution in [3.63, 3.8) is 0 Å². The summed E-state index contributed by atoms with van der Waals surface area (Å²) in [6, 6.07) is 30.8. The van der Waals surface area contributed by atoms with E-state index < -0.39 is 0 Å². The van der Waals surface area contributed by atoms with Gasteiger partial charge in [-0.05, 0) is 77.9 Å². The Balaban J connectivity index is 1.35. The predicted octanol–water partition coefficient (Wildman–Crippen LogP) is 6.15. The van der Waals surface area contributed by atoms with E-state index in [1.807, 2.05) is 54.6 Å². The van der Waals surface area contributed by atoms with Crippen molar-refractivity contribution in [2.75, 3.05) is 43.1 Å². The highest BCUT2D eigenvalue weighted by molar-refractivity contribution is 6.04. The first-order chi connectivity index (χ1) is 21.1. The van der Waals surface area contributed by atoms with Gasteiger partial charge < -0.3 is 24.3 Å². The minimum atomic E-state index is -0.256. The maximum Gasteiger partial charge on any atom is 0.294 e. The fourth-order valence-electron chi connectivity index (χ4n) is 5.28. The summed E-state index contributed by atoms with van der Waals surface area (Å²) < 4.78 is 11.5. The number of rotatable bonds is 8. The van der Waals surface area contributed by atoms with E-state index in [0.717, 1.165) is 59.8 Å². The minimum absolute atomic E-state index is 0.228. The Morgan fingerprint density at radius 2 is 1.74 bits per heavy atom. The smallest absolute Gasteiger partial charge is 0.294 e. The highest BCUT2D eigenvalue weighted by atomic mass is 16.5. The molecule has 1 fully saturated rings. The lowest BCUT2D eigenvalue weighted by atomic mass is 10.00. The summed E-state index contributed by atoms with van der Waals surface area (Å²) in [6.07, 6.45) is 3.47. The topological polar surface area (TPSA) is 94.6 Å². The first kappa shape index (κ1) is 27.8. The van der Waals surface area contributed by atoms with Crippen molar-refractivity contribution in [2.24, 2.45) is 0 Å². The molecule has 214 valence electrons. The number of piperazine rings is 1. The summed E-state index contributed by atoms with van der Waals surface area (Å²) >= 11 is 0. The third-order valence-electron chi connectivity index (χ3n) is 7.61. The van der Waals surface area contributed by atoms with Gasteiger partial charge in [-0.15, -0.1) is 0 Å².